The summed E-state index contributed by atoms with van der Waals surface area (Å²) in [6, 6.07) is 10.4. The lowest BCUT2D eigenvalue weighted by Crippen LogP contribution is -2.48. The lowest BCUT2D eigenvalue weighted by molar-refractivity contribution is -0.134. The van der Waals surface area contributed by atoms with E-state index in [4.69, 9.17) is 4.98 Å². The Balaban J connectivity index is 1.10. The minimum atomic E-state index is 0.308. The standard InChI is InChI=1S/C28H32N8O/c1-34(2)27-17-30-25(16-31-27)21-5-6-23-24(14-21)33-26(32-23)15-22-13-19(7-8-29-22)18-35-9-11-36(12-10-35)28(37)20-3-4-20/h5-8,13-14,16-17,20H,3-4,9-12,15,18H2,1-2H3,(H,32,33). The number of hydrogen-bond acceptors (Lipinski definition) is 7. The van der Waals surface area contributed by atoms with Crippen molar-refractivity contribution in [2.75, 3.05) is 45.2 Å². The molecule has 0 radical (unpaired) electrons. The summed E-state index contributed by atoms with van der Waals surface area (Å²) in [6.07, 6.45) is 8.25. The van der Waals surface area contributed by atoms with Gasteiger partial charge in [0.2, 0.25) is 5.91 Å². The minimum absolute atomic E-state index is 0.308. The average Bonchev–Trinajstić information content (AvgIpc) is 3.69. The number of nitrogens with zero attached hydrogens (tertiary/aromatic N) is 7. The van der Waals surface area contributed by atoms with Crippen LogP contribution in [0.3, 0.4) is 0 Å². The van der Waals surface area contributed by atoms with Gasteiger partial charge in [0, 0.05) is 76.6 Å². The molecular weight excluding hydrogens is 464 g/mol. The Morgan fingerprint density at radius 1 is 1.03 bits per heavy atom. The highest BCUT2D eigenvalue weighted by atomic mass is 16.2. The second-order valence-corrected chi connectivity index (χ2v) is 10.3. The Hall–Kier alpha value is -3.85. The van der Waals surface area contributed by atoms with E-state index in [0.29, 0.717) is 18.2 Å². The fourth-order valence-electron chi connectivity index (χ4n) is 4.87. The van der Waals surface area contributed by atoms with Crippen molar-refractivity contribution in [2.24, 2.45) is 5.92 Å². The van der Waals surface area contributed by atoms with Crippen molar-refractivity contribution in [1.82, 2.24) is 34.7 Å². The van der Waals surface area contributed by atoms with Crippen molar-refractivity contribution in [3.05, 3.63) is 66.0 Å². The first-order valence-corrected chi connectivity index (χ1v) is 13.0. The van der Waals surface area contributed by atoms with Gasteiger partial charge in [-0.05, 0) is 42.7 Å². The lowest BCUT2D eigenvalue weighted by atomic mass is 10.1. The molecule has 1 saturated heterocycles. The number of carbonyl (C=O) groups is 1. The second kappa shape index (κ2) is 9.89. The predicted molar refractivity (Wildman–Crippen MR) is 143 cm³/mol. The zero-order chi connectivity index (χ0) is 25.4. The molecule has 9 nitrogen and oxygen atoms in total. The number of nitrogens with one attached hydrogen (secondary N) is 1. The van der Waals surface area contributed by atoms with E-state index in [1.165, 1.54) is 5.56 Å². The molecule has 1 aliphatic heterocycles. The van der Waals surface area contributed by atoms with Gasteiger partial charge in [-0.25, -0.2) is 9.97 Å². The van der Waals surface area contributed by atoms with Crippen LogP contribution in [0.5, 0.6) is 0 Å². The zero-order valence-electron chi connectivity index (χ0n) is 21.4. The zero-order valence-corrected chi connectivity index (χ0v) is 21.4. The summed E-state index contributed by atoms with van der Waals surface area (Å²) >= 11 is 0. The van der Waals surface area contributed by atoms with Gasteiger partial charge in [0.15, 0.2) is 0 Å². The summed E-state index contributed by atoms with van der Waals surface area (Å²) in [5, 5.41) is 0. The first-order valence-electron chi connectivity index (χ1n) is 13.0. The van der Waals surface area contributed by atoms with Crippen molar-refractivity contribution >= 4 is 22.8 Å². The smallest absolute Gasteiger partial charge is 0.225 e. The van der Waals surface area contributed by atoms with Gasteiger partial charge in [-0.3, -0.25) is 19.7 Å². The van der Waals surface area contributed by atoms with E-state index in [9.17, 15) is 4.79 Å². The Labute approximate surface area is 216 Å². The summed E-state index contributed by atoms with van der Waals surface area (Å²) in [4.78, 5) is 40.6. The van der Waals surface area contributed by atoms with Crippen LogP contribution in [0.1, 0.15) is 29.9 Å². The number of imidazole rings is 1. The fourth-order valence-corrected chi connectivity index (χ4v) is 4.87. The van der Waals surface area contributed by atoms with Crippen LogP contribution in [0, 0.1) is 5.92 Å². The van der Waals surface area contributed by atoms with Gasteiger partial charge in [-0.2, -0.15) is 0 Å². The van der Waals surface area contributed by atoms with Crippen LogP contribution in [0.15, 0.2) is 48.9 Å². The van der Waals surface area contributed by atoms with E-state index >= 15 is 0 Å². The number of aromatic amines is 1. The maximum absolute atomic E-state index is 12.3. The first kappa shape index (κ1) is 23.5. The van der Waals surface area contributed by atoms with Gasteiger partial charge in [0.25, 0.3) is 0 Å². The quantitative estimate of drug-likeness (QED) is 0.420. The van der Waals surface area contributed by atoms with Crippen LogP contribution >= 0.6 is 0 Å². The number of H-pyrrole nitrogens is 1. The molecule has 1 aliphatic carbocycles. The van der Waals surface area contributed by atoms with E-state index in [2.05, 4.69) is 43.0 Å². The Morgan fingerprint density at radius 2 is 1.86 bits per heavy atom. The number of hydrogen-bond donors (Lipinski definition) is 1. The number of benzene rings is 1. The summed E-state index contributed by atoms with van der Waals surface area (Å²) in [6.45, 7) is 4.38. The van der Waals surface area contributed by atoms with E-state index in [1.807, 2.05) is 42.2 Å². The molecule has 1 aromatic carbocycles. The van der Waals surface area contributed by atoms with Crippen LogP contribution in [-0.4, -0.2) is 80.9 Å². The topological polar surface area (TPSA) is 94.1 Å². The molecule has 0 bridgehead atoms. The van der Waals surface area contributed by atoms with Gasteiger partial charge in [0.05, 0.1) is 29.1 Å². The van der Waals surface area contributed by atoms with E-state index in [1.54, 1.807) is 12.4 Å². The van der Waals surface area contributed by atoms with Gasteiger partial charge in [0.1, 0.15) is 11.6 Å². The molecule has 0 spiro atoms. The predicted octanol–water partition coefficient (Wildman–Crippen LogP) is 3.13. The van der Waals surface area contributed by atoms with Crippen LogP contribution in [0.2, 0.25) is 0 Å². The average molecular weight is 497 g/mol. The van der Waals surface area contributed by atoms with Gasteiger partial charge in [-0.1, -0.05) is 6.07 Å². The molecule has 190 valence electrons. The monoisotopic (exact) mass is 496 g/mol. The molecule has 37 heavy (non-hydrogen) atoms. The second-order valence-electron chi connectivity index (χ2n) is 10.3. The van der Waals surface area contributed by atoms with Crippen molar-refractivity contribution in [1.29, 1.82) is 0 Å². The molecule has 1 amide bonds. The summed E-state index contributed by atoms with van der Waals surface area (Å²) in [7, 11) is 3.90. The molecule has 6 rings (SSSR count). The number of amides is 1. The molecular formula is C28H32N8O. The molecule has 1 saturated carbocycles. The third kappa shape index (κ3) is 5.32. The summed E-state index contributed by atoms with van der Waals surface area (Å²) in [5.74, 6) is 2.38. The highest BCUT2D eigenvalue weighted by Crippen LogP contribution is 2.31. The van der Waals surface area contributed by atoms with Crippen LogP contribution < -0.4 is 4.90 Å². The molecule has 0 unspecified atom stereocenters. The largest absolute Gasteiger partial charge is 0.361 e. The molecule has 9 heteroatoms. The maximum Gasteiger partial charge on any atom is 0.225 e. The molecule has 1 N–H and O–H groups in total. The Kier molecular flexibility index (Phi) is 6.30. The highest BCUT2D eigenvalue weighted by molar-refractivity contribution is 5.81. The molecule has 4 aromatic rings. The van der Waals surface area contributed by atoms with Crippen molar-refractivity contribution in [3.63, 3.8) is 0 Å². The van der Waals surface area contributed by atoms with Crippen molar-refractivity contribution in [3.8, 4) is 11.3 Å². The number of pyridine rings is 1. The van der Waals surface area contributed by atoms with Crippen LogP contribution in [0.25, 0.3) is 22.3 Å². The van der Waals surface area contributed by atoms with Crippen molar-refractivity contribution in [2.45, 2.75) is 25.8 Å². The van der Waals surface area contributed by atoms with E-state index in [-0.39, 0.29) is 0 Å². The third-order valence-electron chi connectivity index (χ3n) is 7.17. The normalized spacial score (nSPS) is 16.3. The van der Waals surface area contributed by atoms with Crippen molar-refractivity contribution < 1.29 is 4.79 Å². The minimum Gasteiger partial charge on any atom is -0.361 e. The number of piperazine rings is 1. The summed E-state index contributed by atoms with van der Waals surface area (Å²) < 4.78 is 0. The maximum atomic E-state index is 12.3. The van der Waals surface area contributed by atoms with E-state index in [0.717, 1.165) is 85.2 Å². The molecule has 3 aromatic heterocycles. The lowest BCUT2D eigenvalue weighted by Gasteiger charge is -2.35. The molecule has 0 atom stereocenters. The first-order chi connectivity index (χ1) is 18.0. The van der Waals surface area contributed by atoms with Crippen LogP contribution in [-0.2, 0) is 17.8 Å². The number of aromatic nitrogens is 5. The van der Waals surface area contributed by atoms with Gasteiger partial charge >= 0.3 is 0 Å². The third-order valence-corrected chi connectivity index (χ3v) is 7.17. The number of rotatable bonds is 7. The SMILES string of the molecule is CN(C)c1cnc(-c2ccc3nc(Cc4cc(CN5CCN(C(=O)C6CC6)CC5)ccn4)[nH]c3c2)cn1. The highest BCUT2D eigenvalue weighted by Gasteiger charge is 2.34. The molecule has 2 aliphatic rings. The Morgan fingerprint density at radius 3 is 2.59 bits per heavy atom. The number of carbonyl (C=O) groups excluding carboxylic acids is 1. The Bertz CT molecular complexity index is 1400. The molecule has 2 fully saturated rings. The molecule has 4 heterocycles. The number of anilines is 1. The van der Waals surface area contributed by atoms with Gasteiger partial charge in [-0.15, -0.1) is 0 Å². The van der Waals surface area contributed by atoms with Crippen LogP contribution in [0.4, 0.5) is 5.82 Å². The fraction of sp³-hybridized carbons (Fsp3) is 0.393. The summed E-state index contributed by atoms with van der Waals surface area (Å²) in [5.41, 5.74) is 5.96. The van der Waals surface area contributed by atoms with Gasteiger partial charge < -0.3 is 14.8 Å². The van der Waals surface area contributed by atoms with E-state index < -0.39 is 0 Å². The number of fused-ring (bicyclic) bond motifs is 1.